The van der Waals surface area contributed by atoms with Gasteiger partial charge in [-0.3, -0.25) is 4.79 Å². The van der Waals surface area contributed by atoms with Crippen molar-refractivity contribution in [1.82, 2.24) is 0 Å². The quantitative estimate of drug-likeness (QED) is 0.667. The predicted molar refractivity (Wildman–Crippen MR) is 59.6 cm³/mol. The largest absolute Gasteiger partial charge is 0.303 e. The van der Waals surface area contributed by atoms with Crippen LogP contribution in [0, 0.1) is 5.92 Å². The molecule has 2 nitrogen and oxygen atoms in total. The number of hydrogen-bond acceptors (Lipinski definition) is 2. The molecule has 1 rings (SSSR count). The molecule has 0 aliphatic rings. The van der Waals surface area contributed by atoms with Crippen molar-refractivity contribution in [3.8, 4) is 0 Å². The smallest absolute Gasteiger partial charge is 0.140 e. The average molecular weight is 204 g/mol. The second-order valence-electron chi connectivity index (χ2n) is 3.64. The predicted octanol–water partition coefficient (Wildman–Crippen LogP) is 2.41. The first-order chi connectivity index (χ1) is 7.27. The lowest BCUT2D eigenvalue weighted by molar-refractivity contribution is -0.124. The molecule has 0 aliphatic carbocycles. The van der Waals surface area contributed by atoms with E-state index < -0.39 is 0 Å². The Morgan fingerprint density at radius 2 is 2.00 bits per heavy atom. The van der Waals surface area contributed by atoms with E-state index in [0.29, 0.717) is 12.8 Å². The fraction of sp³-hybridized carbons (Fsp3) is 0.385. The van der Waals surface area contributed by atoms with Crippen LogP contribution in [-0.2, 0) is 16.0 Å². The Kier molecular flexibility index (Phi) is 4.75. The molecule has 0 amide bonds. The summed E-state index contributed by atoms with van der Waals surface area (Å²) < 4.78 is 0. The topological polar surface area (TPSA) is 34.1 Å². The highest BCUT2D eigenvalue weighted by Gasteiger charge is 2.15. The van der Waals surface area contributed by atoms with Gasteiger partial charge in [-0.05, 0) is 12.0 Å². The number of ketones is 1. The number of aldehydes is 1. The highest BCUT2D eigenvalue weighted by Crippen LogP contribution is 2.12. The third kappa shape index (κ3) is 3.66. The summed E-state index contributed by atoms with van der Waals surface area (Å²) in [5, 5.41) is 0. The monoisotopic (exact) mass is 204 g/mol. The lowest BCUT2D eigenvalue weighted by Gasteiger charge is -2.09. The molecule has 0 saturated carbocycles. The average Bonchev–Trinajstić information content (AvgIpc) is 2.27. The highest BCUT2D eigenvalue weighted by atomic mass is 16.1. The van der Waals surface area contributed by atoms with E-state index in [4.69, 9.17) is 0 Å². The molecule has 0 aliphatic heterocycles. The van der Waals surface area contributed by atoms with Gasteiger partial charge in [-0.15, -0.1) is 0 Å². The van der Waals surface area contributed by atoms with Gasteiger partial charge in [0.25, 0.3) is 0 Å². The minimum atomic E-state index is -0.109. The van der Waals surface area contributed by atoms with Crippen molar-refractivity contribution < 1.29 is 9.59 Å². The summed E-state index contributed by atoms with van der Waals surface area (Å²) in [6.45, 7) is 1.94. The van der Waals surface area contributed by atoms with Gasteiger partial charge in [0.05, 0.1) is 0 Å². The van der Waals surface area contributed by atoms with Crippen molar-refractivity contribution in [3.63, 3.8) is 0 Å². The lowest BCUT2D eigenvalue weighted by Crippen LogP contribution is -2.16. The van der Waals surface area contributed by atoms with Crippen LogP contribution >= 0.6 is 0 Å². The van der Waals surface area contributed by atoms with E-state index >= 15 is 0 Å². The molecule has 0 heterocycles. The molecule has 1 aromatic carbocycles. The van der Waals surface area contributed by atoms with Gasteiger partial charge in [0, 0.05) is 18.8 Å². The van der Waals surface area contributed by atoms with E-state index in [-0.39, 0.29) is 11.7 Å². The molecular weight excluding hydrogens is 188 g/mol. The zero-order chi connectivity index (χ0) is 11.1. The molecule has 0 fully saturated rings. The minimum Gasteiger partial charge on any atom is -0.303 e. The molecule has 1 unspecified atom stereocenters. The van der Waals surface area contributed by atoms with E-state index in [1.54, 1.807) is 0 Å². The highest BCUT2D eigenvalue weighted by molar-refractivity contribution is 5.84. The van der Waals surface area contributed by atoms with Gasteiger partial charge in [-0.25, -0.2) is 0 Å². The van der Waals surface area contributed by atoms with Crippen molar-refractivity contribution in [2.75, 3.05) is 0 Å². The van der Waals surface area contributed by atoms with Gasteiger partial charge in [0.1, 0.15) is 12.1 Å². The Morgan fingerprint density at radius 1 is 1.33 bits per heavy atom. The van der Waals surface area contributed by atoms with Crippen LogP contribution in [0.3, 0.4) is 0 Å². The summed E-state index contributed by atoms with van der Waals surface area (Å²) in [7, 11) is 0. The Morgan fingerprint density at radius 3 is 2.53 bits per heavy atom. The molecule has 0 radical (unpaired) electrons. The number of carbonyl (C=O) groups excluding carboxylic acids is 2. The molecule has 0 N–H and O–H groups in total. The Labute approximate surface area is 90.3 Å². The number of benzene rings is 1. The molecule has 2 heteroatoms. The van der Waals surface area contributed by atoms with Gasteiger partial charge in [-0.1, -0.05) is 37.3 Å². The third-order valence-electron chi connectivity index (χ3n) is 2.55. The molecular formula is C13H16O2. The second-order valence-corrected chi connectivity index (χ2v) is 3.64. The minimum absolute atomic E-state index is 0.109. The summed E-state index contributed by atoms with van der Waals surface area (Å²) in [5.74, 6) is 0.0542. The molecule has 0 bridgehead atoms. The number of rotatable bonds is 6. The van der Waals surface area contributed by atoms with E-state index in [1.807, 2.05) is 37.3 Å². The lowest BCUT2D eigenvalue weighted by atomic mass is 9.93. The van der Waals surface area contributed by atoms with Crippen LogP contribution in [0.1, 0.15) is 25.3 Å². The zero-order valence-corrected chi connectivity index (χ0v) is 8.98. The fourth-order valence-electron chi connectivity index (χ4n) is 1.58. The van der Waals surface area contributed by atoms with Crippen LogP contribution in [0.25, 0.3) is 0 Å². The van der Waals surface area contributed by atoms with Crippen molar-refractivity contribution in [2.45, 2.75) is 26.2 Å². The molecule has 80 valence electrons. The van der Waals surface area contributed by atoms with Crippen LogP contribution in [0.5, 0.6) is 0 Å². The van der Waals surface area contributed by atoms with E-state index in [0.717, 1.165) is 18.3 Å². The molecule has 1 atom stereocenters. The van der Waals surface area contributed by atoms with Gasteiger partial charge < -0.3 is 4.79 Å². The van der Waals surface area contributed by atoms with E-state index in [2.05, 4.69) is 0 Å². The van der Waals surface area contributed by atoms with Crippen LogP contribution in [0.4, 0.5) is 0 Å². The first kappa shape index (κ1) is 11.6. The van der Waals surface area contributed by atoms with Gasteiger partial charge in [0.2, 0.25) is 0 Å². The summed E-state index contributed by atoms with van der Waals surface area (Å²) in [5.41, 5.74) is 1.02. The maximum atomic E-state index is 11.8. The first-order valence-electron chi connectivity index (χ1n) is 5.28. The first-order valence-corrected chi connectivity index (χ1v) is 5.28. The Balaban J connectivity index is 2.58. The van der Waals surface area contributed by atoms with E-state index in [9.17, 15) is 9.59 Å². The second kappa shape index (κ2) is 6.12. The Bertz CT molecular complexity index is 317. The van der Waals surface area contributed by atoms with Gasteiger partial charge >= 0.3 is 0 Å². The maximum Gasteiger partial charge on any atom is 0.140 e. The van der Waals surface area contributed by atoms with Crippen molar-refractivity contribution in [2.24, 2.45) is 5.92 Å². The van der Waals surface area contributed by atoms with Crippen molar-refractivity contribution >= 4 is 12.1 Å². The van der Waals surface area contributed by atoms with Crippen LogP contribution < -0.4 is 0 Å². The maximum absolute atomic E-state index is 11.8. The molecule has 0 aromatic heterocycles. The molecule has 15 heavy (non-hydrogen) atoms. The molecule has 0 spiro atoms. The van der Waals surface area contributed by atoms with Crippen LogP contribution in [-0.4, -0.2) is 12.1 Å². The Hall–Kier alpha value is -1.44. The molecule has 1 aromatic rings. The molecule has 0 saturated heterocycles. The van der Waals surface area contributed by atoms with Crippen molar-refractivity contribution in [3.05, 3.63) is 35.9 Å². The number of hydrogen-bond donors (Lipinski definition) is 0. The normalized spacial score (nSPS) is 12.1. The van der Waals surface area contributed by atoms with Gasteiger partial charge in [-0.2, -0.15) is 0 Å². The van der Waals surface area contributed by atoms with Crippen LogP contribution in [0.15, 0.2) is 30.3 Å². The SMILES string of the molecule is CCC(CC=O)C(=O)Cc1ccccc1. The zero-order valence-electron chi connectivity index (χ0n) is 8.98. The van der Waals surface area contributed by atoms with Gasteiger partial charge in [0.15, 0.2) is 0 Å². The standard InChI is InChI=1S/C13H16O2/c1-2-12(8-9-14)13(15)10-11-6-4-3-5-7-11/h3-7,9,12H,2,8,10H2,1H3. The third-order valence-corrected chi connectivity index (χ3v) is 2.55. The van der Waals surface area contributed by atoms with E-state index in [1.165, 1.54) is 0 Å². The van der Waals surface area contributed by atoms with Crippen LogP contribution in [0.2, 0.25) is 0 Å². The van der Waals surface area contributed by atoms with Crippen molar-refractivity contribution in [1.29, 1.82) is 0 Å². The summed E-state index contributed by atoms with van der Waals surface area (Å²) in [4.78, 5) is 22.2. The summed E-state index contributed by atoms with van der Waals surface area (Å²) >= 11 is 0. The summed E-state index contributed by atoms with van der Waals surface area (Å²) in [6, 6.07) is 9.64. The number of carbonyl (C=O) groups is 2. The number of Topliss-reactive ketones (excluding diaryl/α,β-unsaturated/α-hetero) is 1. The fourth-order valence-corrected chi connectivity index (χ4v) is 1.58. The summed E-state index contributed by atoms with van der Waals surface area (Å²) in [6.07, 6.45) is 2.36.